The molecule has 24 heavy (non-hydrogen) atoms. The Morgan fingerprint density at radius 1 is 1.08 bits per heavy atom. The van der Waals surface area contributed by atoms with Gasteiger partial charge in [-0.1, -0.05) is 19.1 Å². The second kappa shape index (κ2) is 8.13. The maximum absolute atomic E-state index is 13.0. The number of hydrogen-bond donors (Lipinski definition) is 1. The third kappa shape index (κ3) is 6.56. The number of benzene rings is 1. The van der Waals surface area contributed by atoms with E-state index in [1.54, 1.807) is 39.8 Å². The van der Waals surface area contributed by atoms with Gasteiger partial charge >= 0.3 is 12.1 Å². The van der Waals surface area contributed by atoms with Crippen molar-refractivity contribution < 1.29 is 23.5 Å². The van der Waals surface area contributed by atoms with Crippen molar-refractivity contribution in [2.45, 2.75) is 65.2 Å². The molecule has 1 amide bonds. The van der Waals surface area contributed by atoms with Crippen LogP contribution in [0.2, 0.25) is 0 Å². The molecule has 134 valence electrons. The molecule has 5 nitrogen and oxygen atoms in total. The summed E-state index contributed by atoms with van der Waals surface area (Å²) in [5.74, 6) is -0.976. The van der Waals surface area contributed by atoms with Crippen LogP contribution in [0.5, 0.6) is 0 Å². The third-order valence-corrected chi connectivity index (χ3v) is 3.49. The fourth-order valence-corrected chi connectivity index (χ4v) is 1.97. The van der Waals surface area contributed by atoms with E-state index in [2.05, 4.69) is 5.32 Å². The molecule has 0 bridgehead atoms. The summed E-state index contributed by atoms with van der Waals surface area (Å²) in [6.45, 7) is 10.4. The first-order chi connectivity index (χ1) is 11.0. The first-order valence-corrected chi connectivity index (χ1v) is 7.95. The van der Waals surface area contributed by atoms with Crippen LogP contribution in [-0.2, 0) is 14.3 Å². The summed E-state index contributed by atoms with van der Waals surface area (Å²) in [6, 6.07) is 5.22. The number of ether oxygens (including phenoxy) is 2. The Kier molecular flexibility index (Phi) is 6.75. The summed E-state index contributed by atoms with van der Waals surface area (Å²) < 4.78 is 23.5. The van der Waals surface area contributed by atoms with Crippen LogP contribution in [-0.4, -0.2) is 29.8 Å². The predicted molar refractivity (Wildman–Crippen MR) is 89.2 cm³/mol. The van der Waals surface area contributed by atoms with Crippen LogP contribution in [0.3, 0.4) is 0 Å². The van der Waals surface area contributed by atoms with Crippen molar-refractivity contribution >= 4 is 12.1 Å². The summed E-state index contributed by atoms with van der Waals surface area (Å²) in [6.07, 6.45) is -1.10. The second-order valence-corrected chi connectivity index (χ2v) is 6.85. The van der Waals surface area contributed by atoms with Crippen LogP contribution >= 0.6 is 0 Å². The van der Waals surface area contributed by atoms with E-state index in [-0.39, 0.29) is 11.7 Å². The Bertz CT molecular complexity index is 565. The topological polar surface area (TPSA) is 64.6 Å². The number of nitrogens with one attached hydrogen (secondary N) is 1. The molecule has 0 fully saturated rings. The van der Waals surface area contributed by atoms with Crippen molar-refractivity contribution in [3.05, 3.63) is 35.6 Å². The number of carbonyl (C=O) groups is 2. The molecule has 0 saturated heterocycles. The molecular formula is C18H26FNO4. The highest BCUT2D eigenvalue weighted by Crippen LogP contribution is 2.22. The second-order valence-electron chi connectivity index (χ2n) is 6.85. The van der Waals surface area contributed by atoms with Gasteiger partial charge in [0, 0.05) is 5.92 Å². The maximum Gasteiger partial charge on any atom is 0.408 e. The Balaban J connectivity index is 2.56. The summed E-state index contributed by atoms with van der Waals surface area (Å²) >= 11 is 0. The fraction of sp³-hybridized carbons (Fsp3) is 0.556. The molecule has 1 rings (SSSR count). The number of halogens is 1. The van der Waals surface area contributed by atoms with Crippen LogP contribution in [0.4, 0.5) is 9.18 Å². The SMILES string of the molecule is C[C@H](NC(=O)OC(C)(C)C)C(=O)O[C@H](C)[C@H](C)c1ccc(F)cc1. The number of rotatable bonds is 5. The van der Waals surface area contributed by atoms with Crippen molar-refractivity contribution in [3.63, 3.8) is 0 Å². The van der Waals surface area contributed by atoms with Crippen molar-refractivity contribution in [3.8, 4) is 0 Å². The van der Waals surface area contributed by atoms with Crippen LogP contribution in [0.1, 0.15) is 53.0 Å². The Morgan fingerprint density at radius 2 is 1.62 bits per heavy atom. The summed E-state index contributed by atoms with van der Waals surface area (Å²) in [7, 11) is 0. The van der Waals surface area contributed by atoms with E-state index in [1.165, 1.54) is 19.1 Å². The zero-order chi connectivity index (χ0) is 18.5. The van der Waals surface area contributed by atoms with Gasteiger partial charge in [0.05, 0.1) is 0 Å². The lowest BCUT2D eigenvalue weighted by molar-refractivity contribution is -0.151. The molecule has 1 aromatic rings. The van der Waals surface area contributed by atoms with Crippen molar-refractivity contribution in [2.75, 3.05) is 0 Å². The van der Waals surface area contributed by atoms with Gasteiger partial charge in [0.1, 0.15) is 23.6 Å². The first-order valence-electron chi connectivity index (χ1n) is 7.95. The molecule has 0 heterocycles. The predicted octanol–water partition coefficient (Wildman–Crippen LogP) is 3.77. The van der Waals surface area contributed by atoms with Crippen LogP contribution < -0.4 is 5.32 Å². The average molecular weight is 339 g/mol. The number of esters is 1. The molecule has 0 radical (unpaired) electrons. The Morgan fingerprint density at radius 3 is 2.12 bits per heavy atom. The lowest BCUT2D eigenvalue weighted by Gasteiger charge is -2.24. The number of hydrogen-bond acceptors (Lipinski definition) is 4. The number of alkyl carbamates (subject to hydrolysis) is 1. The van der Waals surface area contributed by atoms with Crippen LogP contribution in [0, 0.1) is 5.82 Å². The molecule has 0 spiro atoms. The van der Waals surface area contributed by atoms with E-state index < -0.39 is 29.8 Å². The van der Waals surface area contributed by atoms with Gasteiger partial charge in [0.2, 0.25) is 0 Å². The average Bonchev–Trinajstić information content (AvgIpc) is 2.44. The van der Waals surface area contributed by atoms with E-state index in [0.717, 1.165) is 5.56 Å². The van der Waals surface area contributed by atoms with Crippen molar-refractivity contribution in [2.24, 2.45) is 0 Å². The van der Waals surface area contributed by atoms with Gasteiger partial charge in [0.25, 0.3) is 0 Å². The quantitative estimate of drug-likeness (QED) is 0.829. The van der Waals surface area contributed by atoms with Gasteiger partial charge in [-0.2, -0.15) is 0 Å². The molecule has 1 aromatic carbocycles. The fourth-order valence-electron chi connectivity index (χ4n) is 1.97. The molecule has 1 N–H and O–H groups in total. The van der Waals surface area contributed by atoms with Gasteiger partial charge in [-0.25, -0.2) is 14.0 Å². The Hall–Kier alpha value is -2.11. The molecule has 0 aromatic heterocycles. The van der Waals surface area contributed by atoms with Gasteiger partial charge < -0.3 is 14.8 Å². The minimum atomic E-state index is -0.831. The monoisotopic (exact) mass is 339 g/mol. The summed E-state index contributed by atoms with van der Waals surface area (Å²) in [5.41, 5.74) is 0.224. The first kappa shape index (κ1) is 19.9. The molecule has 0 aliphatic carbocycles. The van der Waals surface area contributed by atoms with E-state index in [4.69, 9.17) is 9.47 Å². The molecule has 0 unspecified atom stereocenters. The van der Waals surface area contributed by atoms with E-state index in [0.29, 0.717) is 0 Å². The van der Waals surface area contributed by atoms with Crippen molar-refractivity contribution in [1.82, 2.24) is 5.32 Å². The van der Waals surface area contributed by atoms with Gasteiger partial charge in [-0.05, 0) is 52.3 Å². The minimum Gasteiger partial charge on any atom is -0.461 e. The number of amides is 1. The molecule has 0 aliphatic heterocycles. The van der Waals surface area contributed by atoms with E-state index in [9.17, 15) is 14.0 Å². The highest BCUT2D eigenvalue weighted by atomic mass is 19.1. The Labute approximate surface area is 142 Å². The molecular weight excluding hydrogens is 313 g/mol. The smallest absolute Gasteiger partial charge is 0.408 e. The zero-order valence-electron chi connectivity index (χ0n) is 15.1. The lowest BCUT2D eigenvalue weighted by Crippen LogP contribution is -2.43. The highest BCUT2D eigenvalue weighted by molar-refractivity contribution is 5.81. The van der Waals surface area contributed by atoms with Gasteiger partial charge in [-0.15, -0.1) is 0 Å². The third-order valence-electron chi connectivity index (χ3n) is 3.49. The molecule has 0 aliphatic rings. The van der Waals surface area contributed by atoms with Crippen LogP contribution in [0.25, 0.3) is 0 Å². The normalized spacial score (nSPS) is 15.1. The highest BCUT2D eigenvalue weighted by Gasteiger charge is 2.25. The summed E-state index contributed by atoms with van der Waals surface area (Å²) in [4.78, 5) is 23.8. The van der Waals surface area contributed by atoms with Crippen molar-refractivity contribution in [1.29, 1.82) is 0 Å². The van der Waals surface area contributed by atoms with E-state index >= 15 is 0 Å². The van der Waals surface area contributed by atoms with Crippen LogP contribution in [0.15, 0.2) is 24.3 Å². The standard InChI is InChI=1S/C18H26FNO4/c1-11(14-7-9-15(19)10-8-14)13(3)23-16(21)12(2)20-17(22)24-18(4,5)6/h7-13H,1-6H3,(H,20,22)/t11-,12-,13+/m0/s1. The summed E-state index contributed by atoms with van der Waals surface area (Å²) in [5, 5.41) is 2.44. The maximum atomic E-state index is 13.0. The van der Waals surface area contributed by atoms with Gasteiger partial charge in [0.15, 0.2) is 0 Å². The zero-order valence-corrected chi connectivity index (χ0v) is 15.1. The number of carbonyl (C=O) groups excluding carboxylic acids is 2. The minimum absolute atomic E-state index is 0.108. The molecule has 6 heteroatoms. The molecule has 0 saturated carbocycles. The molecule has 3 atom stereocenters. The lowest BCUT2D eigenvalue weighted by atomic mass is 9.96. The van der Waals surface area contributed by atoms with E-state index in [1.807, 2.05) is 6.92 Å². The van der Waals surface area contributed by atoms with Gasteiger partial charge in [-0.3, -0.25) is 0 Å². The largest absolute Gasteiger partial charge is 0.461 e.